The van der Waals surface area contributed by atoms with Crippen LogP contribution in [0.15, 0.2) is 48.5 Å². The van der Waals surface area contributed by atoms with Gasteiger partial charge in [-0.1, -0.05) is 32.9 Å². The van der Waals surface area contributed by atoms with Crippen molar-refractivity contribution in [1.82, 2.24) is 5.32 Å². The lowest BCUT2D eigenvalue weighted by Crippen LogP contribution is -2.27. The first kappa shape index (κ1) is 17.0. The maximum Gasteiger partial charge on any atom is 0.321 e. The van der Waals surface area contributed by atoms with E-state index in [1.165, 1.54) is 5.56 Å². The van der Waals surface area contributed by atoms with Crippen molar-refractivity contribution in [2.24, 2.45) is 0 Å². The minimum absolute atomic E-state index is 0.0622. The van der Waals surface area contributed by atoms with Crippen molar-refractivity contribution in [3.8, 4) is 0 Å². The Kier molecular flexibility index (Phi) is 4.49. The molecular weight excluding hydrogens is 314 g/mol. The van der Waals surface area contributed by atoms with E-state index in [4.69, 9.17) is 0 Å². The molecule has 1 aliphatic rings. The summed E-state index contributed by atoms with van der Waals surface area (Å²) in [6, 6.07) is 14.9. The van der Waals surface area contributed by atoms with Gasteiger partial charge in [0.2, 0.25) is 0 Å². The van der Waals surface area contributed by atoms with Gasteiger partial charge in [0.15, 0.2) is 0 Å². The Morgan fingerprint density at radius 2 is 1.68 bits per heavy atom. The number of rotatable bonds is 3. The average Bonchev–Trinajstić information content (AvgIpc) is 3.01. The summed E-state index contributed by atoms with van der Waals surface area (Å²) in [4.78, 5) is 25.7. The third-order valence-corrected chi connectivity index (χ3v) is 4.31. The van der Waals surface area contributed by atoms with Crippen molar-refractivity contribution in [3.05, 3.63) is 59.7 Å². The first-order valence-corrected chi connectivity index (χ1v) is 8.42. The van der Waals surface area contributed by atoms with Crippen molar-refractivity contribution >= 4 is 23.3 Å². The van der Waals surface area contributed by atoms with Gasteiger partial charge in [0.05, 0.1) is 0 Å². The van der Waals surface area contributed by atoms with Gasteiger partial charge in [-0.3, -0.25) is 9.69 Å². The lowest BCUT2D eigenvalue weighted by atomic mass is 9.87. The molecule has 0 atom stereocenters. The van der Waals surface area contributed by atoms with E-state index in [2.05, 4.69) is 31.4 Å². The zero-order chi connectivity index (χ0) is 18.0. The lowest BCUT2D eigenvalue weighted by molar-refractivity contribution is 0.102. The molecule has 0 saturated carbocycles. The van der Waals surface area contributed by atoms with Gasteiger partial charge < -0.3 is 10.6 Å². The molecule has 0 aliphatic carbocycles. The van der Waals surface area contributed by atoms with Gasteiger partial charge in [-0.15, -0.1) is 0 Å². The summed E-state index contributed by atoms with van der Waals surface area (Å²) >= 11 is 0. The molecule has 5 nitrogen and oxygen atoms in total. The quantitative estimate of drug-likeness (QED) is 0.896. The molecule has 5 heteroatoms. The number of benzene rings is 2. The molecule has 1 saturated heterocycles. The summed E-state index contributed by atoms with van der Waals surface area (Å²) < 4.78 is 0. The fourth-order valence-electron chi connectivity index (χ4n) is 2.77. The second-order valence-corrected chi connectivity index (χ2v) is 7.21. The van der Waals surface area contributed by atoms with E-state index >= 15 is 0 Å². The molecule has 25 heavy (non-hydrogen) atoms. The lowest BCUT2D eigenvalue weighted by Gasteiger charge is -2.19. The van der Waals surface area contributed by atoms with Crippen LogP contribution in [0, 0.1) is 0 Å². The van der Waals surface area contributed by atoms with Crippen molar-refractivity contribution in [2.75, 3.05) is 23.3 Å². The molecule has 0 bridgehead atoms. The Morgan fingerprint density at radius 3 is 2.20 bits per heavy atom. The smallest absolute Gasteiger partial charge is 0.321 e. The van der Waals surface area contributed by atoms with Crippen LogP contribution in [0.1, 0.15) is 36.7 Å². The molecule has 2 aromatic carbocycles. The third kappa shape index (κ3) is 3.82. The highest BCUT2D eigenvalue weighted by Gasteiger charge is 2.21. The Hall–Kier alpha value is -2.82. The highest BCUT2D eigenvalue weighted by molar-refractivity contribution is 6.04. The predicted octanol–water partition coefficient (Wildman–Crippen LogP) is 3.77. The molecule has 130 valence electrons. The predicted molar refractivity (Wildman–Crippen MR) is 100 cm³/mol. The minimum Gasteiger partial charge on any atom is -0.336 e. The van der Waals surface area contributed by atoms with E-state index < -0.39 is 0 Å². The Balaban J connectivity index is 1.67. The van der Waals surface area contributed by atoms with Crippen LogP contribution in [0.4, 0.5) is 16.2 Å². The van der Waals surface area contributed by atoms with Gasteiger partial charge >= 0.3 is 6.03 Å². The number of urea groups is 1. The van der Waals surface area contributed by atoms with Crippen LogP contribution in [-0.4, -0.2) is 25.0 Å². The monoisotopic (exact) mass is 337 g/mol. The second kappa shape index (κ2) is 6.59. The van der Waals surface area contributed by atoms with Crippen molar-refractivity contribution in [2.45, 2.75) is 26.2 Å². The van der Waals surface area contributed by atoms with Crippen LogP contribution >= 0.6 is 0 Å². The fourth-order valence-corrected chi connectivity index (χ4v) is 2.77. The summed E-state index contributed by atoms with van der Waals surface area (Å²) in [6.07, 6.45) is 0. The van der Waals surface area contributed by atoms with Gasteiger partial charge in [0.1, 0.15) is 0 Å². The molecule has 3 rings (SSSR count). The molecule has 1 aliphatic heterocycles. The molecule has 1 fully saturated rings. The Morgan fingerprint density at radius 1 is 1.04 bits per heavy atom. The number of amides is 3. The van der Waals surface area contributed by atoms with E-state index in [9.17, 15) is 9.59 Å². The highest BCUT2D eigenvalue weighted by atomic mass is 16.2. The molecule has 0 spiro atoms. The molecule has 1 heterocycles. The number of hydrogen-bond donors (Lipinski definition) is 2. The van der Waals surface area contributed by atoms with E-state index in [1.54, 1.807) is 4.90 Å². The Bertz CT molecular complexity index is 774. The normalized spacial score (nSPS) is 14.4. The van der Waals surface area contributed by atoms with Gasteiger partial charge in [0, 0.05) is 30.0 Å². The van der Waals surface area contributed by atoms with Crippen LogP contribution in [0.2, 0.25) is 0 Å². The van der Waals surface area contributed by atoms with Crippen LogP contribution in [0.5, 0.6) is 0 Å². The van der Waals surface area contributed by atoms with Gasteiger partial charge in [-0.05, 0) is 47.4 Å². The standard InChI is InChI=1S/C20H23N3O2/c1-20(2,3)15-6-4-14(5-7-15)18(24)22-16-8-10-17(11-9-16)23-13-12-21-19(23)25/h4-11H,12-13H2,1-3H3,(H,21,25)(H,22,24). The third-order valence-electron chi connectivity index (χ3n) is 4.31. The first-order valence-electron chi connectivity index (χ1n) is 8.42. The summed E-state index contributed by atoms with van der Waals surface area (Å²) in [6.45, 7) is 7.74. The molecular formula is C20H23N3O2. The van der Waals surface area contributed by atoms with Gasteiger partial charge in [-0.25, -0.2) is 4.79 Å². The van der Waals surface area contributed by atoms with E-state index in [1.807, 2.05) is 48.5 Å². The van der Waals surface area contributed by atoms with E-state index in [-0.39, 0.29) is 17.4 Å². The van der Waals surface area contributed by atoms with E-state index in [0.29, 0.717) is 24.3 Å². The second-order valence-electron chi connectivity index (χ2n) is 7.21. The largest absolute Gasteiger partial charge is 0.336 e. The summed E-state index contributed by atoms with van der Waals surface area (Å²) in [7, 11) is 0. The van der Waals surface area contributed by atoms with Crippen molar-refractivity contribution in [1.29, 1.82) is 0 Å². The minimum atomic E-state index is -0.146. The first-order chi connectivity index (χ1) is 11.8. The number of carbonyl (C=O) groups is 2. The maximum absolute atomic E-state index is 12.4. The van der Waals surface area contributed by atoms with Gasteiger partial charge in [0.25, 0.3) is 5.91 Å². The topological polar surface area (TPSA) is 61.4 Å². The molecule has 0 radical (unpaired) electrons. The number of hydrogen-bond acceptors (Lipinski definition) is 2. The van der Waals surface area contributed by atoms with E-state index in [0.717, 1.165) is 5.69 Å². The molecule has 2 N–H and O–H groups in total. The Labute approximate surface area is 148 Å². The number of carbonyl (C=O) groups excluding carboxylic acids is 2. The maximum atomic E-state index is 12.4. The van der Waals surface area contributed by atoms with Crippen LogP contribution in [0.3, 0.4) is 0 Å². The number of anilines is 2. The van der Waals surface area contributed by atoms with Crippen molar-refractivity contribution in [3.63, 3.8) is 0 Å². The average molecular weight is 337 g/mol. The van der Waals surface area contributed by atoms with Gasteiger partial charge in [-0.2, -0.15) is 0 Å². The molecule has 2 aromatic rings. The summed E-state index contributed by atoms with van der Waals surface area (Å²) in [5.74, 6) is -0.146. The van der Waals surface area contributed by atoms with Crippen molar-refractivity contribution < 1.29 is 9.59 Å². The zero-order valence-electron chi connectivity index (χ0n) is 14.8. The molecule has 3 amide bonds. The summed E-state index contributed by atoms with van der Waals surface area (Å²) in [5, 5.41) is 5.66. The van der Waals surface area contributed by atoms with Crippen LogP contribution in [-0.2, 0) is 5.41 Å². The summed E-state index contributed by atoms with van der Waals surface area (Å²) in [5.41, 5.74) is 3.40. The molecule has 0 unspecified atom stereocenters. The SMILES string of the molecule is CC(C)(C)c1ccc(C(=O)Nc2ccc(N3CCNC3=O)cc2)cc1. The van der Waals surface area contributed by atoms with Crippen LogP contribution < -0.4 is 15.5 Å². The molecule has 0 aromatic heterocycles. The number of nitrogens with one attached hydrogen (secondary N) is 2. The van der Waals surface area contributed by atoms with Crippen LogP contribution in [0.25, 0.3) is 0 Å². The highest BCUT2D eigenvalue weighted by Crippen LogP contribution is 2.23. The fraction of sp³-hybridized carbons (Fsp3) is 0.300. The zero-order valence-corrected chi connectivity index (χ0v) is 14.8. The number of nitrogens with zero attached hydrogens (tertiary/aromatic N) is 1.